The van der Waals surface area contributed by atoms with Crippen molar-refractivity contribution in [2.45, 2.75) is 44.8 Å². The second-order valence-corrected chi connectivity index (χ2v) is 5.70. The van der Waals surface area contributed by atoms with Crippen LogP contribution in [0.15, 0.2) is 31.0 Å². The molecule has 1 aliphatic rings. The molecular formula is C15H21N5O. The molecule has 1 saturated heterocycles. The van der Waals surface area contributed by atoms with E-state index >= 15 is 0 Å². The lowest BCUT2D eigenvalue weighted by molar-refractivity contribution is -0.0708. The number of nitrogens with zero attached hydrogens (tertiary/aromatic N) is 4. The number of aromatic nitrogens is 4. The summed E-state index contributed by atoms with van der Waals surface area (Å²) in [7, 11) is 0. The van der Waals surface area contributed by atoms with Crippen LogP contribution in [0, 0.1) is 0 Å². The summed E-state index contributed by atoms with van der Waals surface area (Å²) in [5.74, 6) is 0.777. The van der Waals surface area contributed by atoms with Crippen LogP contribution >= 0.6 is 0 Å². The van der Waals surface area contributed by atoms with Crippen molar-refractivity contribution in [3.63, 3.8) is 0 Å². The second-order valence-electron chi connectivity index (χ2n) is 5.70. The van der Waals surface area contributed by atoms with E-state index in [4.69, 9.17) is 4.74 Å². The van der Waals surface area contributed by atoms with Gasteiger partial charge in [-0.25, -0.2) is 14.6 Å². The van der Waals surface area contributed by atoms with Gasteiger partial charge in [-0.05, 0) is 38.3 Å². The molecule has 2 atom stereocenters. The van der Waals surface area contributed by atoms with Crippen molar-refractivity contribution >= 4 is 5.69 Å². The highest BCUT2D eigenvalue weighted by molar-refractivity contribution is 5.56. The SMILES string of the molecule is CCC1(C)CC(Nc2cccnc2-n2cncn2)CCO1. The molecule has 2 aromatic heterocycles. The van der Waals surface area contributed by atoms with Crippen LogP contribution in [-0.4, -0.2) is 38.0 Å². The molecule has 0 amide bonds. The largest absolute Gasteiger partial charge is 0.379 e. The molecule has 0 spiro atoms. The maximum absolute atomic E-state index is 5.90. The Kier molecular flexibility index (Phi) is 3.88. The molecule has 6 nitrogen and oxygen atoms in total. The zero-order valence-corrected chi connectivity index (χ0v) is 12.5. The fourth-order valence-electron chi connectivity index (χ4n) is 2.73. The lowest BCUT2D eigenvalue weighted by atomic mass is 9.90. The lowest BCUT2D eigenvalue weighted by Gasteiger charge is -2.38. The Morgan fingerprint density at radius 1 is 1.52 bits per heavy atom. The summed E-state index contributed by atoms with van der Waals surface area (Å²) in [5.41, 5.74) is 0.944. The maximum Gasteiger partial charge on any atom is 0.178 e. The van der Waals surface area contributed by atoms with Crippen molar-refractivity contribution in [3.8, 4) is 5.82 Å². The molecule has 0 radical (unpaired) electrons. The number of hydrogen-bond donors (Lipinski definition) is 1. The first kappa shape index (κ1) is 14.0. The maximum atomic E-state index is 5.90. The number of rotatable bonds is 4. The molecule has 6 heteroatoms. The van der Waals surface area contributed by atoms with Gasteiger partial charge in [0.1, 0.15) is 12.7 Å². The van der Waals surface area contributed by atoms with Gasteiger partial charge in [-0.3, -0.25) is 0 Å². The van der Waals surface area contributed by atoms with Crippen LogP contribution in [-0.2, 0) is 4.74 Å². The van der Waals surface area contributed by atoms with Gasteiger partial charge < -0.3 is 10.1 Å². The number of ether oxygens (including phenoxy) is 1. The first-order chi connectivity index (χ1) is 10.2. The number of pyridine rings is 1. The Morgan fingerprint density at radius 3 is 3.19 bits per heavy atom. The van der Waals surface area contributed by atoms with Crippen molar-refractivity contribution in [3.05, 3.63) is 31.0 Å². The van der Waals surface area contributed by atoms with Gasteiger partial charge in [-0.2, -0.15) is 5.10 Å². The zero-order valence-electron chi connectivity index (χ0n) is 12.5. The fourth-order valence-corrected chi connectivity index (χ4v) is 2.73. The lowest BCUT2D eigenvalue weighted by Crippen LogP contribution is -2.42. The molecule has 2 unspecified atom stereocenters. The number of nitrogens with one attached hydrogen (secondary N) is 1. The predicted octanol–water partition coefficient (Wildman–Crippen LogP) is 2.42. The number of anilines is 1. The van der Waals surface area contributed by atoms with E-state index in [1.807, 2.05) is 12.1 Å². The van der Waals surface area contributed by atoms with Crippen LogP contribution < -0.4 is 5.32 Å². The highest BCUT2D eigenvalue weighted by Crippen LogP contribution is 2.30. The highest BCUT2D eigenvalue weighted by Gasteiger charge is 2.31. The third kappa shape index (κ3) is 3.05. The van der Waals surface area contributed by atoms with Gasteiger partial charge in [-0.1, -0.05) is 6.92 Å². The minimum Gasteiger partial charge on any atom is -0.379 e. The van der Waals surface area contributed by atoms with Crippen molar-refractivity contribution in [2.75, 3.05) is 11.9 Å². The fraction of sp³-hybridized carbons (Fsp3) is 0.533. The topological polar surface area (TPSA) is 64.9 Å². The van der Waals surface area contributed by atoms with E-state index in [0.29, 0.717) is 6.04 Å². The summed E-state index contributed by atoms with van der Waals surface area (Å²) >= 11 is 0. The Bertz CT molecular complexity index is 586. The molecule has 2 aromatic rings. The molecular weight excluding hydrogens is 266 g/mol. The normalized spacial score (nSPS) is 25.7. The summed E-state index contributed by atoms with van der Waals surface area (Å²) in [5, 5.41) is 7.76. The van der Waals surface area contributed by atoms with E-state index in [9.17, 15) is 0 Å². The quantitative estimate of drug-likeness (QED) is 0.935. The van der Waals surface area contributed by atoms with E-state index in [0.717, 1.165) is 37.4 Å². The van der Waals surface area contributed by atoms with E-state index in [1.165, 1.54) is 6.33 Å². The average Bonchev–Trinajstić information content (AvgIpc) is 3.02. The zero-order chi connectivity index (χ0) is 14.7. The van der Waals surface area contributed by atoms with Gasteiger partial charge in [0.25, 0.3) is 0 Å². The summed E-state index contributed by atoms with van der Waals surface area (Å²) in [6, 6.07) is 4.35. The van der Waals surface area contributed by atoms with E-state index in [2.05, 4.69) is 34.2 Å². The summed E-state index contributed by atoms with van der Waals surface area (Å²) < 4.78 is 7.58. The van der Waals surface area contributed by atoms with E-state index < -0.39 is 0 Å². The minimum atomic E-state index is -0.0362. The van der Waals surface area contributed by atoms with Crippen molar-refractivity contribution in [1.82, 2.24) is 19.7 Å². The monoisotopic (exact) mass is 287 g/mol. The minimum absolute atomic E-state index is 0.0362. The summed E-state index contributed by atoms with van der Waals surface area (Å²) in [4.78, 5) is 8.40. The molecule has 0 saturated carbocycles. The first-order valence-corrected chi connectivity index (χ1v) is 7.41. The van der Waals surface area contributed by atoms with Crippen LogP contribution in [0.4, 0.5) is 5.69 Å². The predicted molar refractivity (Wildman–Crippen MR) is 80.4 cm³/mol. The molecule has 1 fully saturated rings. The van der Waals surface area contributed by atoms with Gasteiger partial charge in [-0.15, -0.1) is 0 Å². The van der Waals surface area contributed by atoms with E-state index in [-0.39, 0.29) is 5.60 Å². The van der Waals surface area contributed by atoms with Gasteiger partial charge in [0.15, 0.2) is 5.82 Å². The third-order valence-electron chi connectivity index (χ3n) is 4.12. The Hall–Kier alpha value is -1.95. The molecule has 0 aromatic carbocycles. The van der Waals surface area contributed by atoms with Gasteiger partial charge in [0.2, 0.25) is 0 Å². The van der Waals surface area contributed by atoms with Gasteiger partial charge >= 0.3 is 0 Å². The van der Waals surface area contributed by atoms with Crippen LogP contribution in [0.5, 0.6) is 0 Å². The van der Waals surface area contributed by atoms with Crippen LogP contribution in [0.3, 0.4) is 0 Å². The van der Waals surface area contributed by atoms with Crippen molar-refractivity contribution in [1.29, 1.82) is 0 Å². The van der Waals surface area contributed by atoms with Crippen molar-refractivity contribution < 1.29 is 4.74 Å². The van der Waals surface area contributed by atoms with Crippen LogP contribution in [0.25, 0.3) is 5.82 Å². The Balaban J connectivity index is 1.79. The second kappa shape index (κ2) is 5.81. The summed E-state index contributed by atoms with van der Waals surface area (Å²) in [6.07, 6.45) is 7.96. The molecule has 0 bridgehead atoms. The average molecular weight is 287 g/mol. The molecule has 21 heavy (non-hydrogen) atoms. The Labute approximate surface area is 124 Å². The van der Waals surface area contributed by atoms with Crippen LogP contribution in [0.2, 0.25) is 0 Å². The van der Waals surface area contributed by atoms with Crippen molar-refractivity contribution in [2.24, 2.45) is 0 Å². The molecule has 0 aliphatic carbocycles. The van der Waals surface area contributed by atoms with Gasteiger partial charge in [0, 0.05) is 18.8 Å². The molecule has 3 rings (SSSR count). The summed E-state index contributed by atoms with van der Waals surface area (Å²) in [6.45, 7) is 5.15. The molecule has 112 valence electrons. The third-order valence-corrected chi connectivity index (χ3v) is 4.12. The Morgan fingerprint density at radius 2 is 2.43 bits per heavy atom. The number of hydrogen-bond acceptors (Lipinski definition) is 5. The molecule has 3 heterocycles. The van der Waals surface area contributed by atoms with Gasteiger partial charge in [0.05, 0.1) is 11.3 Å². The smallest absolute Gasteiger partial charge is 0.178 e. The highest BCUT2D eigenvalue weighted by atomic mass is 16.5. The molecule has 1 N–H and O–H groups in total. The van der Waals surface area contributed by atoms with E-state index in [1.54, 1.807) is 17.2 Å². The standard InChI is InChI=1S/C15H21N5O/c1-3-15(2)9-12(6-8-21-15)19-13-5-4-7-17-14(13)20-11-16-10-18-20/h4-5,7,10-12,19H,3,6,8-9H2,1-2H3. The molecule has 1 aliphatic heterocycles. The first-order valence-electron chi connectivity index (χ1n) is 7.41. The van der Waals surface area contributed by atoms with Crippen LogP contribution in [0.1, 0.15) is 33.1 Å².